The molecule has 0 aromatic heterocycles. The van der Waals surface area contributed by atoms with Crippen LogP contribution >= 0.6 is 0 Å². The minimum absolute atomic E-state index is 0.0160. The van der Waals surface area contributed by atoms with Crippen LogP contribution in [0.2, 0.25) is 0 Å². The normalized spacial score (nSPS) is 11.4. The van der Waals surface area contributed by atoms with E-state index in [0.29, 0.717) is 16.9 Å². The Bertz CT molecular complexity index is 832. The molecule has 0 radical (unpaired) electrons. The molecule has 0 aliphatic rings. The number of hydrogen-bond donors (Lipinski definition) is 3. The summed E-state index contributed by atoms with van der Waals surface area (Å²) in [5.41, 5.74) is 2.47. The van der Waals surface area contributed by atoms with Crippen LogP contribution in [0, 0.1) is 5.92 Å². The van der Waals surface area contributed by atoms with Gasteiger partial charge in [-0.05, 0) is 48.1 Å². The van der Waals surface area contributed by atoms with Crippen LogP contribution in [-0.2, 0) is 10.2 Å². The Labute approximate surface area is 167 Å². The van der Waals surface area contributed by atoms with E-state index in [2.05, 4.69) is 31.4 Å². The first-order valence-electron chi connectivity index (χ1n) is 9.71. The SMILES string of the molecule is CCC(CC)C(=O)Nc1ccc(NC(=O)c2ccc(C(C)(C)C)cc2)c(O)c1. The molecule has 0 heterocycles. The number of amides is 2. The summed E-state index contributed by atoms with van der Waals surface area (Å²) in [4.78, 5) is 24.6. The van der Waals surface area contributed by atoms with Crippen molar-refractivity contribution >= 4 is 23.2 Å². The van der Waals surface area contributed by atoms with Crippen LogP contribution in [0.4, 0.5) is 11.4 Å². The lowest BCUT2D eigenvalue weighted by atomic mass is 9.87. The van der Waals surface area contributed by atoms with Gasteiger partial charge < -0.3 is 15.7 Å². The Morgan fingerprint density at radius 3 is 2.07 bits per heavy atom. The fourth-order valence-electron chi connectivity index (χ4n) is 2.93. The van der Waals surface area contributed by atoms with E-state index < -0.39 is 0 Å². The zero-order chi connectivity index (χ0) is 20.9. The third-order valence-corrected chi connectivity index (χ3v) is 4.88. The minimum atomic E-state index is -0.301. The lowest BCUT2D eigenvalue weighted by Crippen LogP contribution is -2.21. The van der Waals surface area contributed by atoms with Crippen molar-refractivity contribution in [2.45, 2.75) is 52.9 Å². The Morgan fingerprint density at radius 1 is 0.964 bits per heavy atom. The quantitative estimate of drug-likeness (QED) is 0.592. The first-order valence-corrected chi connectivity index (χ1v) is 9.71. The standard InChI is InChI=1S/C23H30N2O3/c1-6-15(7-2)21(27)24-18-12-13-19(20(26)14-18)25-22(28)16-8-10-17(11-9-16)23(3,4)5/h8-15,26H,6-7H2,1-5H3,(H,24,27)(H,25,28). The highest BCUT2D eigenvalue weighted by molar-refractivity contribution is 6.05. The molecular weight excluding hydrogens is 352 g/mol. The van der Waals surface area contributed by atoms with E-state index in [1.165, 1.54) is 6.07 Å². The van der Waals surface area contributed by atoms with Gasteiger partial charge in [0.1, 0.15) is 5.75 Å². The smallest absolute Gasteiger partial charge is 0.255 e. The number of aromatic hydroxyl groups is 1. The monoisotopic (exact) mass is 382 g/mol. The molecule has 0 unspecified atom stereocenters. The molecule has 2 aromatic rings. The number of phenolic OH excluding ortho intramolecular Hbond substituents is 1. The molecule has 5 heteroatoms. The van der Waals surface area contributed by atoms with Gasteiger partial charge in [-0.1, -0.05) is 46.8 Å². The van der Waals surface area contributed by atoms with Gasteiger partial charge in [-0.25, -0.2) is 0 Å². The lowest BCUT2D eigenvalue weighted by molar-refractivity contribution is -0.120. The molecule has 28 heavy (non-hydrogen) atoms. The van der Waals surface area contributed by atoms with Crippen molar-refractivity contribution in [3.63, 3.8) is 0 Å². The number of carbonyl (C=O) groups excluding carboxylic acids is 2. The lowest BCUT2D eigenvalue weighted by Gasteiger charge is -2.19. The van der Waals surface area contributed by atoms with Crippen molar-refractivity contribution in [3.8, 4) is 5.75 Å². The molecule has 2 aromatic carbocycles. The van der Waals surface area contributed by atoms with Crippen LogP contribution in [0.3, 0.4) is 0 Å². The molecule has 2 amide bonds. The highest BCUT2D eigenvalue weighted by Crippen LogP contribution is 2.28. The number of anilines is 2. The second-order valence-corrected chi connectivity index (χ2v) is 8.02. The molecule has 3 N–H and O–H groups in total. The Kier molecular flexibility index (Phi) is 6.84. The zero-order valence-electron chi connectivity index (χ0n) is 17.3. The Morgan fingerprint density at radius 2 is 1.57 bits per heavy atom. The van der Waals surface area contributed by atoms with Crippen LogP contribution in [0.1, 0.15) is 63.4 Å². The molecule has 0 aliphatic carbocycles. The molecular formula is C23H30N2O3. The van der Waals surface area contributed by atoms with E-state index >= 15 is 0 Å². The average molecular weight is 383 g/mol. The topological polar surface area (TPSA) is 78.4 Å². The van der Waals surface area contributed by atoms with Gasteiger partial charge in [0.05, 0.1) is 5.69 Å². The minimum Gasteiger partial charge on any atom is -0.506 e. The fraction of sp³-hybridized carbons (Fsp3) is 0.391. The number of phenols is 1. The summed E-state index contributed by atoms with van der Waals surface area (Å²) in [6.45, 7) is 10.3. The first kappa shape index (κ1) is 21.5. The maximum absolute atomic E-state index is 12.5. The summed E-state index contributed by atoms with van der Waals surface area (Å²) < 4.78 is 0. The van der Waals surface area contributed by atoms with Crippen LogP contribution in [0.25, 0.3) is 0 Å². The molecule has 0 spiro atoms. The van der Waals surface area contributed by atoms with Gasteiger partial charge >= 0.3 is 0 Å². The van der Waals surface area contributed by atoms with Crippen molar-refractivity contribution in [1.29, 1.82) is 0 Å². The third kappa shape index (κ3) is 5.35. The van der Waals surface area contributed by atoms with Gasteiger partial charge in [0.25, 0.3) is 5.91 Å². The number of carbonyl (C=O) groups is 2. The second kappa shape index (κ2) is 8.91. The molecule has 0 fully saturated rings. The van der Waals surface area contributed by atoms with Crippen molar-refractivity contribution < 1.29 is 14.7 Å². The number of hydrogen-bond acceptors (Lipinski definition) is 3. The van der Waals surface area contributed by atoms with Crippen LogP contribution < -0.4 is 10.6 Å². The van der Waals surface area contributed by atoms with Crippen LogP contribution in [0.5, 0.6) is 5.75 Å². The Hall–Kier alpha value is -2.82. The van der Waals surface area contributed by atoms with Crippen LogP contribution in [-0.4, -0.2) is 16.9 Å². The Balaban J connectivity index is 2.08. The molecule has 150 valence electrons. The zero-order valence-corrected chi connectivity index (χ0v) is 17.3. The predicted molar refractivity (Wildman–Crippen MR) is 114 cm³/mol. The van der Waals surface area contributed by atoms with E-state index in [4.69, 9.17) is 0 Å². The summed E-state index contributed by atoms with van der Waals surface area (Å²) in [5.74, 6) is -0.524. The van der Waals surface area contributed by atoms with Gasteiger partial charge in [-0.15, -0.1) is 0 Å². The summed E-state index contributed by atoms with van der Waals surface area (Å²) in [7, 11) is 0. The number of nitrogens with one attached hydrogen (secondary N) is 2. The van der Waals surface area contributed by atoms with Crippen molar-refractivity contribution in [1.82, 2.24) is 0 Å². The summed E-state index contributed by atoms with van der Waals surface area (Å²) in [6.07, 6.45) is 1.52. The molecule has 0 saturated heterocycles. The third-order valence-electron chi connectivity index (χ3n) is 4.88. The maximum atomic E-state index is 12.5. The summed E-state index contributed by atoms with van der Waals surface area (Å²) >= 11 is 0. The van der Waals surface area contributed by atoms with Crippen molar-refractivity contribution in [2.24, 2.45) is 5.92 Å². The van der Waals surface area contributed by atoms with Gasteiger partial charge in [0.15, 0.2) is 0 Å². The maximum Gasteiger partial charge on any atom is 0.255 e. The van der Waals surface area contributed by atoms with Crippen molar-refractivity contribution in [3.05, 3.63) is 53.6 Å². The van der Waals surface area contributed by atoms with E-state index in [0.717, 1.165) is 18.4 Å². The molecule has 0 saturated carbocycles. The van der Waals surface area contributed by atoms with E-state index in [1.54, 1.807) is 24.3 Å². The molecule has 2 rings (SSSR count). The largest absolute Gasteiger partial charge is 0.506 e. The first-order chi connectivity index (χ1) is 13.2. The van der Waals surface area contributed by atoms with E-state index in [1.807, 2.05) is 26.0 Å². The number of rotatable bonds is 6. The van der Waals surface area contributed by atoms with Gasteiger partial charge in [0.2, 0.25) is 5.91 Å². The molecule has 0 bridgehead atoms. The van der Waals surface area contributed by atoms with Gasteiger partial charge in [0, 0.05) is 23.2 Å². The van der Waals surface area contributed by atoms with Gasteiger partial charge in [-0.2, -0.15) is 0 Å². The van der Waals surface area contributed by atoms with E-state index in [-0.39, 0.29) is 28.9 Å². The number of benzene rings is 2. The van der Waals surface area contributed by atoms with Crippen molar-refractivity contribution in [2.75, 3.05) is 10.6 Å². The summed E-state index contributed by atoms with van der Waals surface area (Å²) in [6, 6.07) is 12.1. The van der Waals surface area contributed by atoms with Crippen LogP contribution in [0.15, 0.2) is 42.5 Å². The average Bonchev–Trinajstić information content (AvgIpc) is 2.64. The highest BCUT2D eigenvalue weighted by Gasteiger charge is 2.16. The molecule has 5 nitrogen and oxygen atoms in total. The fourth-order valence-corrected chi connectivity index (χ4v) is 2.93. The molecule has 0 atom stereocenters. The predicted octanol–water partition coefficient (Wildman–Crippen LogP) is 5.32. The molecule has 0 aliphatic heterocycles. The van der Waals surface area contributed by atoms with E-state index in [9.17, 15) is 14.7 Å². The van der Waals surface area contributed by atoms with Gasteiger partial charge in [-0.3, -0.25) is 9.59 Å². The second-order valence-electron chi connectivity index (χ2n) is 8.02. The highest BCUT2D eigenvalue weighted by atomic mass is 16.3. The summed E-state index contributed by atoms with van der Waals surface area (Å²) in [5, 5.41) is 15.8.